The molecule has 0 radical (unpaired) electrons. The van der Waals surface area contributed by atoms with E-state index in [1.165, 1.54) is 11.8 Å². The Morgan fingerprint density at radius 2 is 2.31 bits per heavy atom. The minimum absolute atomic E-state index is 0.507. The zero-order chi connectivity index (χ0) is 9.84. The van der Waals surface area contributed by atoms with E-state index in [9.17, 15) is 0 Å². The lowest BCUT2D eigenvalue weighted by molar-refractivity contribution is 0.569. The second-order valence-corrected chi connectivity index (χ2v) is 4.49. The SMILES string of the molecule is CSC(=S)Oc1ccc(Br)nc1C. The summed E-state index contributed by atoms with van der Waals surface area (Å²) in [7, 11) is 0. The summed E-state index contributed by atoms with van der Waals surface area (Å²) in [5.74, 6) is 0.711. The lowest BCUT2D eigenvalue weighted by atomic mass is 10.3. The van der Waals surface area contributed by atoms with E-state index >= 15 is 0 Å². The normalized spacial score (nSPS) is 9.77. The smallest absolute Gasteiger partial charge is 0.225 e. The highest BCUT2D eigenvalue weighted by Gasteiger charge is 2.03. The highest BCUT2D eigenvalue weighted by molar-refractivity contribution is 9.10. The van der Waals surface area contributed by atoms with Crippen molar-refractivity contribution in [3.8, 4) is 5.75 Å². The Kier molecular flexibility index (Phi) is 4.15. The van der Waals surface area contributed by atoms with Crippen molar-refractivity contribution in [3.63, 3.8) is 0 Å². The Labute approximate surface area is 95.2 Å². The van der Waals surface area contributed by atoms with Gasteiger partial charge in [0.25, 0.3) is 0 Å². The molecule has 13 heavy (non-hydrogen) atoms. The topological polar surface area (TPSA) is 22.1 Å². The van der Waals surface area contributed by atoms with Gasteiger partial charge in [0.15, 0.2) is 5.75 Å². The van der Waals surface area contributed by atoms with Crippen LogP contribution in [0.3, 0.4) is 0 Å². The van der Waals surface area contributed by atoms with Gasteiger partial charge >= 0.3 is 0 Å². The average Bonchev–Trinajstić information content (AvgIpc) is 2.09. The van der Waals surface area contributed by atoms with Crippen molar-refractivity contribution in [1.29, 1.82) is 0 Å². The zero-order valence-electron chi connectivity index (χ0n) is 7.20. The van der Waals surface area contributed by atoms with Crippen LogP contribution in [0.5, 0.6) is 5.75 Å². The molecule has 0 unspecified atom stereocenters. The van der Waals surface area contributed by atoms with Crippen LogP contribution >= 0.6 is 39.9 Å². The predicted molar refractivity (Wildman–Crippen MR) is 63.4 cm³/mol. The van der Waals surface area contributed by atoms with E-state index in [2.05, 4.69) is 20.9 Å². The number of hydrogen-bond acceptors (Lipinski definition) is 4. The second-order valence-electron chi connectivity index (χ2n) is 2.27. The molecule has 0 spiro atoms. The highest BCUT2D eigenvalue weighted by atomic mass is 79.9. The van der Waals surface area contributed by atoms with Crippen LogP contribution < -0.4 is 4.74 Å². The van der Waals surface area contributed by atoms with Gasteiger partial charge in [0.2, 0.25) is 4.38 Å². The van der Waals surface area contributed by atoms with Gasteiger partial charge in [-0.25, -0.2) is 4.98 Å². The number of rotatable bonds is 1. The van der Waals surface area contributed by atoms with E-state index in [1.54, 1.807) is 0 Å². The van der Waals surface area contributed by atoms with E-state index in [4.69, 9.17) is 17.0 Å². The molecule has 1 heterocycles. The maximum atomic E-state index is 5.36. The molecular formula is C8H8BrNOS2. The van der Waals surface area contributed by atoms with Crippen LogP contribution in [-0.4, -0.2) is 15.6 Å². The summed E-state index contributed by atoms with van der Waals surface area (Å²) in [6.07, 6.45) is 1.88. The molecule has 0 saturated heterocycles. The molecular weight excluding hydrogens is 270 g/mol. The van der Waals surface area contributed by atoms with Gasteiger partial charge in [-0.05, 0) is 53.5 Å². The minimum Gasteiger partial charge on any atom is -0.438 e. The zero-order valence-corrected chi connectivity index (χ0v) is 10.4. The lowest BCUT2D eigenvalue weighted by Gasteiger charge is -2.06. The molecule has 1 aromatic heterocycles. The van der Waals surface area contributed by atoms with Crippen molar-refractivity contribution in [2.45, 2.75) is 6.92 Å². The summed E-state index contributed by atoms with van der Waals surface area (Å²) < 4.78 is 6.67. The van der Waals surface area contributed by atoms with E-state index in [1.807, 2.05) is 25.3 Å². The fraction of sp³-hybridized carbons (Fsp3) is 0.250. The standard InChI is InChI=1S/C8H8BrNOS2/c1-5-6(11-8(12)13-2)3-4-7(9)10-5/h3-4H,1-2H3. The average molecular weight is 278 g/mol. The van der Waals surface area contributed by atoms with Crippen LogP contribution in [0.1, 0.15) is 5.69 Å². The number of nitrogens with zero attached hydrogens (tertiary/aromatic N) is 1. The van der Waals surface area contributed by atoms with Crippen LogP contribution in [0, 0.1) is 6.92 Å². The molecule has 0 fully saturated rings. The number of aryl methyl sites for hydroxylation is 1. The van der Waals surface area contributed by atoms with Gasteiger partial charge in [0, 0.05) is 0 Å². The summed E-state index contributed by atoms with van der Waals surface area (Å²) in [5.41, 5.74) is 0.825. The number of thiocarbonyl (C=S) groups is 1. The van der Waals surface area contributed by atoms with E-state index < -0.39 is 0 Å². The number of aromatic nitrogens is 1. The molecule has 1 rings (SSSR count). The van der Waals surface area contributed by atoms with Gasteiger partial charge in [0.1, 0.15) is 4.60 Å². The van der Waals surface area contributed by atoms with E-state index in [-0.39, 0.29) is 0 Å². The molecule has 0 aliphatic rings. The van der Waals surface area contributed by atoms with Gasteiger partial charge in [0.05, 0.1) is 5.69 Å². The second kappa shape index (κ2) is 4.93. The van der Waals surface area contributed by atoms with Gasteiger partial charge in [-0.2, -0.15) is 0 Å². The molecule has 0 bridgehead atoms. The molecule has 0 aromatic carbocycles. The third kappa shape index (κ3) is 3.25. The van der Waals surface area contributed by atoms with Crippen molar-refractivity contribution in [1.82, 2.24) is 4.98 Å². The monoisotopic (exact) mass is 277 g/mol. The Morgan fingerprint density at radius 1 is 1.62 bits per heavy atom. The van der Waals surface area contributed by atoms with Crippen LogP contribution in [-0.2, 0) is 0 Å². The molecule has 0 aliphatic carbocycles. The lowest BCUT2D eigenvalue weighted by Crippen LogP contribution is -2.01. The van der Waals surface area contributed by atoms with Crippen LogP contribution in [0.4, 0.5) is 0 Å². The van der Waals surface area contributed by atoms with E-state index in [0.717, 1.165) is 10.3 Å². The summed E-state index contributed by atoms with van der Waals surface area (Å²) in [4.78, 5) is 4.18. The van der Waals surface area contributed by atoms with Gasteiger partial charge in [-0.1, -0.05) is 11.8 Å². The van der Waals surface area contributed by atoms with Crippen LogP contribution in [0.25, 0.3) is 0 Å². The number of pyridine rings is 1. The summed E-state index contributed by atoms with van der Waals surface area (Å²) in [6, 6.07) is 3.67. The molecule has 0 N–H and O–H groups in total. The van der Waals surface area contributed by atoms with Gasteiger partial charge < -0.3 is 4.74 Å². The van der Waals surface area contributed by atoms with Crippen LogP contribution in [0.2, 0.25) is 0 Å². The number of hydrogen-bond donors (Lipinski definition) is 0. The Hall–Kier alpha value is -0.130. The first kappa shape index (κ1) is 10.9. The van der Waals surface area contributed by atoms with Gasteiger partial charge in [-0.3, -0.25) is 0 Å². The van der Waals surface area contributed by atoms with Crippen molar-refractivity contribution in [2.24, 2.45) is 0 Å². The Balaban J connectivity index is 2.83. The van der Waals surface area contributed by atoms with Crippen molar-refractivity contribution in [3.05, 3.63) is 22.4 Å². The molecule has 5 heteroatoms. The van der Waals surface area contributed by atoms with Crippen molar-refractivity contribution in [2.75, 3.05) is 6.26 Å². The quantitative estimate of drug-likeness (QED) is 0.581. The third-order valence-corrected chi connectivity index (χ3v) is 2.80. The molecule has 70 valence electrons. The van der Waals surface area contributed by atoms with Crippen molar-refractivity contribution < 1.29 is 4.74 Å². The summed E-state index contributed by atoms with van der Waals surface area (Å²) in [5, 5.41) is 0. The fourth-order valence-corrected chi connectivity index (χ4v) is 1.42. The third-order valence-electron chi connectivity index (χ3n) is 1.36. The molecule has 1 aromatic rings. The largest absolute Gasteiger partial charge is 0.438 e. The maximum Gasteiger partial charge on any atom is 0.225 e. The number of halogens is 1. The molecule has 0 atom stereocenters. The van der Waals surface area contributed by atoms with Crippen LogP contribution in [0.15, 0.2) is 16.7 Å². The van der Waals surface area contributed by atoms with E-state index in [0.29, 0.717) is 10.1 Å². The molecule has 0 amide bonds. The molecule has 0 aliphatic heterocycles. The molecule has 2 nitrogen and oxygen atoms in total. The first-order chi connectivity index (χ1) is 6.13. The number of thioether (sulfide) groups is 1. The number of ether oxygens (including phenoxy) is 1. The minimum atomic E-state index is 0.507. The summed E-state index contributed by atoms with van der Waals surface area (Å²) in [6.45, 7) is 1.88. The van der Waals surface area contributed by atoms with Gasteiger partial charge in [-0.15, -0.1) is 0 Å². The Morgan fingerprint density at radius 3 is 2.85 bits per heavy atom. The highest BCUT2D eigenvalue weighted by Crippen LogP contribution is 2.20. The first-order valence-corrected chi connectivity index (χ1v) is 5.95. The predicted octanol–water partition coefficient (Wildman–Crippen LogP) is 3.18. The fourth-order valence-electron chi connectivity index (χ4n) is 0.757. The maximum absolute atomic E-state index is 5.36. The Bertz CT molecular complexity index is 330. The first-order valence-electron chi connectivity index (χ1n) is 3.52. The van der Waals surface area contributed by atoms with Crippen molar-refractivity contribution >= 4 is 44.3 Å². The molecule has 0 saturated carbocycles. The summed E-state index contributed by atoms with van der Waals surface area (Å²) >= 11 is 9.61.